The summed E-state index contributed by atoms with van der Waals surface area (Å²) < 4.78 is 0. The number of hydrogen-bond acceptors (Lipinski definition) is 2. The van der Waals surface area contributed by atoms with Gasteiger partial charge in [0.25, 0.3) is 5.91 Å². The summed E-state index contributed by atoms with van der Waals surface area (Å²) >= 11 is 0. The maximum absolute atomic E-state index is 12.5. The number of carbonyl (C=O) groups excluding carboxylic acids is 1. The molecule has 2 aromatic carbocycles. The minimum absolute atomic E-state index is 0.0121. The molecule has 0 unspecified atom stereocenters. The number of carbonyl (C=O) groups is 1. The van der Waals surface area contributed by atoms with Gasteiger partial charge >= 0.3 is 0 Å². The lowest BCUT2D eigenvalue weighted by Crippen LogP contribution is -2.36. The number of benzene rings is 2. The van der Waals surface area contributed by atoms with Crippen molar-refractivity contribution in [1.29, 1.82) is 0 Å². The number of hydrogen-bond donors (Lipinski definition) is 1. The van der Waals surface area contributed by atoms with Crippen LogP contribution in [0.25, 0.3) is 0 Å². The maximum atomic E-state index is 12.5. The molecular weight excluding hydrogens is 308 g/mol. The van der Waals surface area contributed by atoms with E-state index in [1.54, 1.807) is 0 Å². The van der Waals surface area contributed by atoms with Crippen LogP contribution in [0.4, 0.5) is 0 Å². The SMILES string of the molecule is CCc1ccc([C@H](CNC(=O)c2cccc(C)c2)N2CCCC2)cc1. The van der Waals surface area contributed by atoms with Crippen LogP contribution in [0.1, 0.15) is 52.9 Å². The molecule has 132 valence electrons. The summed E-state index contributed by atoms with van der Waals surface area (Å²) in [6.45, 7) is 7.06. The molecule has 1 atom stereocenters. The number of aryl methyl sites for hydroxylation is 2. The van der Waals surface area contributed by atoms with Crippen molar-refractivity contribution in [2.75, 3.05) is 19.6 Å². The monoisotopic (exact) mass is 336 g/mol. The van der Waals surface area contributed by atoms with E-state index in [2.05, 4.69) is 41.4 Å². The van der Waals surface area contributed by atoms with Gasteiger partial charge < -0.3 is 5.32 Å². The van der Waals surface area contributed by atoms with Crippen LogP contribution in [-0.4, -0.2) is 30.4 Å². The summed E-state index contributed by atoms with van der Waals surface area (Å²) in [6.07, 6.45) is 3.55. The third-order valence-corrected chi connectivity index (χ3v) is 5.09. The average molecular weight is 336 g/mol. The van der Waals surface area contributed by atoms with Crippen LogP contribution in [-0.2, 0) is 6.42 Å². The number of nitrogens with one attached hydrogen (secondary N) is 1. The second-order valence-corrected chi connectivity index (χ2v) is 6.93. The lowest BCUT2D eigenvalue weighted by atomic mass is 10.0. The summed E-state index contributed by atoms with van der Waals surface area (Å²) in [5, 5.41) is 3.15. The average Bonchev–Trinajstić information content (AvgIpc) is 3.16. The first-order valence-corrected chi connectivity index (χ1v) is 9.35. The van der Waals surface area contributed by atoms with Crippen LogP contribution in [0, 0.1) is 6.92 Å². The highest BCUT2D eigenvalue weighted by Crippen LogP contribution is 2.25. The summed E-state index contributed by atoms with van der Waals surface area (Å²) in [5.41, 5.74) is 4.50. The van der Waals surface area contributed by atoms with E-state index in [1.807, 2.05) is 31.2 Å². The van der Waals surface area contributed by atoms with E-state index < -0.39 is 0 Å². The van der Waals surface area contributed by atoms with Gasteiger partial charge in [0.05, 0.1) is 6.04 Å². The van der Waals surface area contributed by atoms with E-state index in [0.29, 0.717) is 6.54 Å². The third kappa shape index (κ3) is 4.49. The number of amides is 1. The first-order valence-electron chi connectivity index (χ1n) is 9.35. The quantitative estimate of drug-likeness (QED) is 0.860. The van der Waals surface area contributed by atoms with E-state index in [4.69, 9.17) is 0 Å². The highest BCUT2D eigenvalue weighted by molar-refractivity contribution is 5.94. The predicted octanol–water partition coefficient (Wildman–Crippen LogP) is 4.12. The van der Waals surface area contributed by atoms with Crippen LogP contribution in [0.3, 0.4) is 0 Å². The molecule has 0 spiro atoms. The normalized spacial score (nSPS) is 15.9. The van der Waals surface area contributed by atoms with Crippen molar-refractivity contribution in [2.45, 2.75) is 39.2 Å². The van der Waals surface area contributed by atoms with Crippen LogP contribution >= 0.6 is 0 Å². The molecule has 2 aromatic rings. The molecule has 0 radical (unpaired) electrons. The van der Waals surface area contributed by atoms with Gasteiger partial charge in [0.1, 0.15) is 0 Å². The van der Waals surface area contributed by atoms with Gasteiger partial charge in [-0.25, -0.2) is 0 Å². The topological polar surface area (TPSA) is 32.3 Å². The lowest BCUT2D eigenvalue weighted by Gasteiger charge is -2.28. The van der Waals surface area contributed by atoms with Gasteiger partial charge in [0.15, 0.2) is 0 Å². The van der Waals surface area contributed by atoms with Crippen LogP contribution < -0.4 is 5.32 Å². The number of likely N-dealkylation sites (tertiary alicyclic amines) is 1. The fourth-order valence-electron chi connectivity index (χ4n) is 3.56. The zero-order chi connectivity index (χ0) is 17.6. The van der Waals surface area contributed by atoms with Crippen LogP contribution in [0.2, 0.25) is 0 Å². The van der Waals surface area contributed by atoms with Crippen molar-refractivity contribution < 1.29 is 4.79 Å². The summed E-state index contributed by atoms with van der Waals surface area (Å²) in [7, 11) is 0. The highest BCUT2D eigenvalue weighted by atomic mass is 16.1. The van der Waals surface area contributed by atoms with Gasteiger partial charge in [-0.1, -0.05) is 48.9 Å². The van der Waals surface area contributed by atoms with E-state index >= 15 is 0 Å². The molecule has 3 nitrogen and oxygen atoms in total. The zero-order valence-corrected chi connectivity index (χ0v) is 15.3. The standard InChI is InChI=1S/C22H28N2O/c1-3-18-9-11-19(12-10-18)21(24-13-4-5-14-24)16-23-22(25)20-8-6-7-17(2)15-20/h6-12,15,21H,3-5,13-14,16H2,1-2H3,(H,23,25)/t21-/m0/s1. The molecule has 25 heavy (non-hydrogen) atoms. The fourth-order valence-corrected chi connectivity index (χ4v) is 3.56. The molecule has 0 saturated carbocycles. The minimum Gasteiger partial charge on any atom is -0.350 e. The van der Waals surface area contributed by atoms with Crippen LogP contribution in [0.15, 0.2) is 48.5 Å². The Bertz CT molecular complexity index is 702. The van der Waals surface area contributed by atoms with E-state index in [-0.39, 0.29) is 11.9 Å². The molecule has 1 fully saturated rings. The second-order valence-electron chi connectivity index (χ2n) is 6.93. The molecule has 3 rings (SSSR count). The Morgan fingerprint density at radius 1 is 1.12 bits per heavy atom. The van der Waals surface area contributed by atoms with Gasteiger partial charge in [0, 0.05) is 12.1 Å². The molecule has 1 saturated heterocycles. The Labute approximate surface area is 151 Å². The zero-order valence-electron chi connectivity index (χ0n) is 15.3. The maximum Gasteiger partial charge on any atom is 0.251 e. The third-order valence-electron chi connectivity index (χ3n) is 5.09. The first-order chi connectivity index (χ1) is 12.2. The Kier molecular flexibility index (Phi) is 5.87. The van der Waals surface area contributed by atoms with Crippen molar-refractivity contribution in [1.82, 2.24) is 10.2 Å². The molecule has 0 aliphatic carbocycles. The van der Waals surface area contributed by atoms with Crippen molar-refractivity contribution >= 4 is 5.91 Å². The van der Waals surface area contributed by atoms with Crippen molar-refractivity contribution in [2.24, 2.45) is 0 Å². The molecule has 1 amide bonds. The molecule has 1 aliphatic heterocycles. The summed E-state index contributed by atoms with van der Waals surface area (Å²) in [6, 6.07) is 16.9. The van der Waals surface area contributed by atoms with E-state index in [0.717, 1.165) is 30.6 Å². The van der Waals surface area contributed by atoms with Gasteiger partial charge in [0.2, 0.25) is 0 Å². The van der Waals surface area contributed by atoms with Crippen molar-refractivity contribution in [3.63, 3.8) is 0 Å². The Morgan fingerprint density at radius 2 is 1.84 bits per heavy atom. The fraction of sp³-hybridized carbons (Fsp3) is 0.409. The Hall–Kier alpha value is -2.13. The van der Waals surface area contributed by atoms with Crippen molar-refractivity contribution in [3.8, 4) is 0 Å². The van der Waals surface area contributed by atoms with Gasteiger partial charge in [-0.3, -0.25) is 9.69 Å². The molecule has 0 aromatic heterocycles. The number of rotatable bonds is 6. The molecule has 3 heteroatoms. The van der Waals surface area contributed by atoms with Gasteiger partial charge in [-0.05, 0) is 62.5 Å². The highest BCUT2D eigenvalue weighted by Gasteiger charge is 2.24. The largest absolute Gasteiger partial charge is 0.350 e. The summed E-state index contributed by atoms with van der Waals surface area (Å²) in [5.74, 6) is 0.0121. The van der Waals surface area contributed by atoms with Crippen molar-refractivity contribution in [3.05, 3.63) is 70.8 Å². The van der Waals surface area contributed by atoms with Gasteiger partial charge in [-0.15, -0.1) is 0 Å². The summed E-state index contributed by atoms with van der Waals surface area (Å²) in [4.78, 5) is 15.0. The Morgan fingerprint density at radius 3 is 2.48 bits per heavy atom. The molecule has 0 bridgehead atoms. The number of nitrogens with zero attached hydrogens (tertiary/aromatic N) is 1. The lowest BCUT2D eigenvalue weighted by molar-refractivity contribution is 0.0938. The molecule has 1 heterocycles. The smallest absolute Gasteiger partial charge is 0.251 e. The second kappa shape index (κ2) is 8.30. The minimum atomic E-state index is 0.0121. The first kappa shape index (κ1) is 17.7. The molecule has 1 aliphatic rings. The van der Waals surface area contributed by atoms with Gasteiger partial charge in [-0.2, -0.15) is 0 Å². The van der Waals surface area contributed by atoms with Crippen LogP contribution in [0.5, 0.6) is 0 Å². The Balaban J connectivity index is 1.72. The molecule has 1 N–H and O–H groups in total. The van der Waals surface area contributed by atoms with E-state index in [1.165, 1.54) is 24.0 Å². The molecular formula is C22H28N2O. The van der Waals surface area contributed by atoms with E-state index in [9.17, 15) is 4.79 Å². The predicted molar refractivity (Wildman–Crippen MR) is 103 cm³/mol.